The van der Waals surface area contributed by atoms with Gasteiger partial charge in [-0.05, 0) is 26.0 Å². The van der Waals surface area contributed by atoms with Crippen molar-refractivity contribution in [2.45, 2.75) is 26.3 Å². The van der Waals surface area contributed by atoms with Gasteiger partial charge in [-0.2, -0.15) is 0 Å². The molecule has 104 valence electrons. The van der Waals surface area contributed by atoms with E-state index in [-0.39, 0.29) is 23.1 Å². The van der Waals surface area contributed by atoms with E-state index in [1.165, 1.54) is 23.1 Å². The Kier molecular flexibility index (Phi) is 5.11. The zero-order chi connectivity index (χ0) is 14.6. The van der Waals surface area contributed by atoms with Gasteiger partial charge in [-0.25, -0.2) is 0 Å². The van der Waals surface area contributed by atoms with E-state index in [1.54, 1.807) is 0 Å². The number of carbonyl (C=O) groups excluding carboxylic acids is 1. The number of nitrogens with zero attached hydrogens (tertiary/aromatic N) is 1. The van der Waals surface area contributed by atoms with E-state index in [0.29, 0.717) is 18.0 Å². The Balaban J connectivity index is 3.03. The molecule has 1 aromatic rings. The normalized spacial score (nSPS) is 10.5. The van der Waals surface area contributed by atoms with Crippen molar-refractivity contribution < 1.29 is 15.0 Å². The first kappa shape index (κ1) is 15.2. The third-order valence-electron chi connectivity index (χ3n) is 2.72. The van der Waals surface area contributed by atoms with Crippen molar-refractivity contribution in [2.24, 2.45) is 5.73 Å². The average molecular weight is 282 g/mol. The first-order chi connectivity index (χ1) is 8.84. The molecular weight excluding hydrogens is 264 g/mol. The molecule has 0 saturated carbocycles. The van der Waals surface area contributed by atoms with Gasteiger partial charge >= 0.3 is 0 Å². The molecule has 0 spiro atoms. The molecule has 0 fully saturated rings. The smallest absolute Gasteiger partial charge is 0.261 e. The summed E-state index contributed by atoms with van der Waals surface area (Å²) < 4.78 is 0. The number of amides is 1. The summed E-state index contributed by atoms with van der Waals surface area (Å²) in [7, 11) is 0. The monoisotopic (exact) mass is 282 g/mol. The molecule has 0 aliphatic carbocycles. The molecule has 0 saturated heterocycles. The number of hydrogen-bond acceptors (Lipinski definition) is 4. The van der Waals surface area contributed by atoms with Crippen molar-refractivity contribution in [3.8, 4) is 11.5 Å². The standard InChI is InChI=1S/C13H18N2O3S/c1-8(2)15(7-6-11(14)19)13(18)12-9(16)4-3-5-10(12)17/h3-5,8,16-17H,6-7H2,1-2H3,(H2,14,19). The second-order valence-electron chi connectivity index (χ2n) is 4.48. The van der Waals surface area contributed by atoms with Gasteiger partial charge in [0.25, 0.3) is 5.91 Å². The van der Waals surface area contributed by atoms with Crippen molar-refractivity contribution in [1.29, 1.82) is 0 Å². The van der Waals surface area contributed by atoms with E-state index in [4.69, 9.17) is 18.0 Å². The third kappa shape index (κ3) is 3.82. The highest BCUT2D eigenvalue weighted by molar-refractivity contribution is 7.80. The number of phenolic OH excluding ortho intramolecular Hbond substituents is 2. The predicted molar refractivity (Wildman–Crippen MR) is 77.3 cm³/mol. The van der Waals surface area contributed by atoms with Gasteiger partial charge in [0.2, 0.25) is 0 Å². The Morgan fingerprint density at radius 2 is 1.89 bits per heavy atom. The maximum absolute atomic E-state index is 12.4. The molecule has 1 amide bonds. The van der Waals surface area contributed by atoms with Gasteiger partial charge in [0.05, 0.1) is 4.99 Å². The van der Waals surface area contributed by atoms with Gasteiger partial charge in [-0.3, -0.25) is 4.79 Å². The van der Waals surface area contributed by atoms with Crippen molar-refractivity contribution in [1.82, 2.24) is 4.90 Å². The topological polar surface area (TPSA) is 86.8 Å². The minimum Gasteiger partial charge on any atom is -0.507 e. The fraction of sp³-hybridized carbons (Fsp3) is 0.385. The van der Waals surface area contributed by atoms with Crippen LogP contribution in [0.15, 0.2) is 18.2 Å². The lowest BCUT2D eigenvalue weighted by Gasteiger charge is -2.27. The Bertz CT molecular complexity index is 469. The summed E-state index contributed by atoms with van der Waals surface area (Å²) in [5.74, 6) is -0.932. The van der Waals surface area contributed by atoms with Gasteiger partial charge in [-0.15, -0.1) is 0 Å². The van der Waals surface area contributed by atoms with Crippen molar-refractivity contribution >= 4 is 23.1 Å². The Morgan fingerprint density at radius 3 is 2.32 bits per heavy atom. The number of carbonyl (C=O) groups is 1. The maximum atomic E-state index is 12.4. The second-order valence-corrected chi connectivity index (χ2v) is 5.00. The molecule has 4 N–H and O–H groups in total. The molecule has 0 aromatic heterocycles. The molecule has 0 aliphatic rings. The van der Waals surface area contributed by atoms with Crippen LogP contribution in [-0.2, 0) is 0 Å². The van der Waals surface area contributed by atoms with E-state index < -0.39 is 5.91 Å². The summed E-state index contributed by atoms with van der Waals surface area (Å²) in [5.41, 5.74) is 5.34. The summed E-state index contributed by atoms with van der Waals surface area (Å²) >= 11 is 4.80. The number of thiocarbonyl (C=S) groups is 1. The van der Waals surface area contributed by atoms with E-state index in [0.717, 1.165) is 0 Å². The molecule has 0 radical (unpaired) electrons. The lowest BCUT2D eigenvalue weighted by Crippen LogP contribution is -2.39. The summed E-state index contributed by atoms with van der Waals surface area (Å²) in [4.78, 5) is 14.2. The van der Waals surface area contributed by atoms with Crippen LogP contribution in [0.1, 0.15) is 30.6 Å². The number of hydrogen-bond donors (Lipinski definition) is 3. The minimum absolute atomic E-state index is 0.0964. The lowest BCUT2D eigenvalue weighted by molar-refractivity contribution is 0.0705. The van der Waals surface area contributed by atoms with Crippen LogP contribution >= 0.6 is 12.2 Å². The van der Waals surface area contributed by atoms with E-state index in [9.17, 15) is 15.0 Å². The highest BCUT2D eigenvalue weighted by atomic mass is 32.1. The molecular formula is C13H18N2O3S. The minimum atomic E-state index is -0.443. The molecule has 1 rings (SSSR count). The van der Waals surface area contributed by atoms with Gasteiger partial charge in [0.1, 0.15) is 17.1 Å². The summed E-state index contributed by atoms with van der Waals surface area (Å²) in [5, 5.41) is 19.4. The predicted octanol–water partition coefficient (Wildman–Crippen LogP) is 1.62. The highest BCUT2D eigenvalue weighted by Gasteiger charge is 2.24. The maximum Gasteiger partial charge on any atom is 0.261 e. The number of benzene rings is 1. The molecule has 5 nitrogen and oxygen atoms in total. The zero-order valence-corrected chi connectivity index (χ0v) is 11.8. The summed E-state index contributed by atoms with van der Waals surface area (Å²) in [6.07, 6.45) is 0.396. The first-order valence-corrected chi connectivity index (χ1v) is 6.35. The van der Waals surface area contributed by atoms with Crippen LogP contribution in [-0.4, -0.2) is 38.6 Å². The Hall–Kier alpha value is -1.82. The molecule has 0 unspecified atom stereocenters. The number of rotatable bonds is 5. The fourth-order valence-electron chi connectivity index (χ4n) is 1.72. The van der Waals surface area contributed by atoms with Crippen LogP contribution < -0.4 is 5.73 Å². The number of aromatic hydroxyl groups is 2. The van der Waals surface area contributed by atoms with Crippen LogP contribution in [0.5, 0.6) is 11.5 Å². The van der Waals surface area contributed by atoms with E-state index in [2.05, 4.69) is 0 Å². The van der Waals surface area contributed by atoms with Crippen LogP contribution in [0.2, 0.25) is 0 Å². The van der Waals surface area contributed by atoms with Crippen LogP contribution in [0.25, 0.3) is 0 Å². The van der Waals surface area contributed by atoms with Crippen molar-refractivity contribution in [2.75, 3.05) is 6.54 Å². The van der Waals surface area contributed by atoms with Gasteiger partial charge in [0, 0.05) is 19.0 Å². The van der Waals surface area contributed by atoms with E-state index >= 15 is 0 Å². The SMILES string of the molecule is CC(C)N(CCC(N)=S)C(=O)c1c(O)cccc1O. The molecule has 0 bridgehead atoms. The van der Waals surface area contributed by atoms with Crippen molar-refractivity contribution in [3.63, 3.8) is 0 Å². The summed E-state index contributed by atoms with van der Waals surface area (Å²) in [6, 6.07) is 4.09. The van der Waals surface area contributed by atoms with Gasteiger partial charge in [-0.1, -0.05) is 18.3 Å². The van der Waals surface area contributed by atoms with Crippen LogP contribution in [0, 0.1) is 0 Å². The fourth-order valence-corrected chi connectivity index (χ4v) is 1.81. The Labute approximate surface area is 117 Å². The quantitative estimate of drug-likeness (QED) is 0.714. The van der Waals surface area contributed by atoms with E-state index in [1.807, 2.05) is 13.8 Å². The third-order valence-corrected chi connectivity index (χ3v) is 2.92. The van der Waals surface area contributed by atoms with Crippen molar-refractivity contribution in [3.05, 3.63) is 23.8 Å². The largest absolute Gasteiger partial charge is 0.507 e. The van der Waals surface area contributed by atoms with Crippen LogP contribution in [0.3, 0.4) is 0 Å². The molecule has 0 heterocycles. The second kappa shape index (κ2) is 6.38. The molecule has 6 heteroatoms. The number of phenols is 2. The lowest BCUT2D eigenvalue weighted by atomic mass is 10.1. The van der Waals surface area contributed by atoms with Gasteiger partial charge < -0.3 is 20.8 Å². The molecule has 1 aromatic carbocycles. The Morgan fingerprint density at radius 1 is 1.37 bits per heavy atom. The van der Waals surface area contributed by atoms with Gasteiger partial charge in [0.15, 0.2) is 0 Å². The summed E-state index contributed by atoms with van der Waals surface area (Å²) in [6.45, 7) is 4.03. The molecule has 19 heavy (non-hydrogen) atoms. The first-order valence-electron chi connectivity index (χ1n) is 5.94. The highest BCUT2D eigenvalue weighted by Crippen LogP contribution is 2.28. The van der Waals surface area contributed by atoms with Crippen LogP contribution in [0.4, 0.5) is 0 Å². The zero-order valence-electron chi connectivity index (χ0n) is 11.0. The molecule has 0 aliphatic heterocycles. The molecule has 0 atom stereocenters. The average Bonchev–Trinajstić information content (AvgIpc) is 2.27. The number of nitrogens with two attached hydrogens (primary N) is 1.